The molecule has 3 aliphatic carbocycles. The lowest BCUT2D eigenvalue weighted by atomic mass is 9.90. The van der Waals surface area contributed by atoms with Crippen LogP contribution in [0.5, 0.6) is 17.2 Å². The summed E-state index contributed by atoms with van der Waals surface area (Å²) in [4.78, 5) is 97.0. The number of nitrogens with two attached hydrogens (primary N) is 1. The van der Waals surface area contributed by atoms with Crippen LogP contribution in [-0.2, 0) is 62.4 Å². The van der Waals surface area contributed by atoms with E-state index in [0.717, 1.165) is 106 Å². The molecule has 3 aliphatic rings. The molecule has 0 saturated carbocycles. The van der Waals surface area contributed by atoms with Crippen LogP contribution in [0.3, 0.4) is 0 Å². The van der Waals surface area contributed by atoms with Gasteiger partial charge < -0.3 is 67.7 Å². The molecule has 13 N–H and O–H groups in total. The number of carboxylic acid groups (broad SMARTS) is 3. The molecule has 0 fully saturated rings. The van der Waals surface area contributed by atoms with E-state index in [-0.39, 0.29) is 84.3 Å². The molecule has 113 heavy (non-hydrogen) atoms. The number of aromatic hydroxyl groups is 3. The summed E-state index contributed by atoms with van der Waals surface area (Å²) < 4.78 is 5.66. The molecule has 0 bridgehead atoms. The quantitative estimate of drug-likeness (QED) is 0.0253. The highest BCUT2D eigenvalue weighted by atomic mass is 35.5. The molecule has 6 atom stereocenters. The van der Waals surface area contributed by atoms with Crippen LogP contribution in [0.4, 0.5) is 17.1 Å². The largest absolute Gasteiger partial charge is 0.508 e. The SMILES string of the molecule is CC(=O)N[C@@H](Cc1ccc(O)cc1)C(=O)Nc1ccc2c(c1)C(CCC(=O)O)c1cc(-c3ccc(Cl)cc3)ccc1-2.CC(=O)N[C@@H](Cc1ccc(O)cc1)C(=O)Nc1ccc2c(c1)C(CCC(=O)O)c1cc(-c3cccc(Cl)c3)ccc1-2.N[C@@H](Cc1ccc(O)cc1)C(=O)Nc1ccc2c(c1)C(OCC(=O)O)c1ccccc1-2. The number of phenols is 3. The maximum atomic E-state index is 13.3. The van der Waals surface area contributed by atoms with Crippen molar-refractivity contribution in [1.29, 1.82) is 0 Å². The third-order valence-corrected chi connectivity index (χ3v) is 20.3. The highest BCUT2D eigenvalue weighted by Crippen LogP contribution is 2.52. The standard InChI is InChI=1S/2C33H29ClN2O5.C24H22N2O5/c1-19(37)35-31(16-20-2-10-25(38)11-3-20)33(41)36-24-9-13-27-26-12-6-22(21-4-7-23(34)8-5-21)17-29(26)28(30(27)18-24)14-15-32(39)40;1-19(37)35-31(15-20-5-9-25(38)10-6-20)33(41)36-24-8-12-27-26-11-7-22(21-3-2-4-23(34)16-21)17-29(26)28(30(27)18-24)13-14-32(39)40;25-21(11-14-5-8-16(27)9-6-14)24(30)26-15-7-10-18-17-3-1-2-4-19(17)23(20(18)12-15)31-13-22(28)29/h2-13,17-18,28,31,38H,14-16H2,1H3,(H,35,37)(H,36,41)(H,39,40);2-12,16-18,28,31,38H,13-15H2,1H3,(H,35,37)(H,36,41)(H,39,40);1-10,12,21,23,27H,11,13,25H2,(H,26,30)(H,28,29)/t2*28?,31-;21-,23?/m000/s1. The number of ether oxygens (including phenoxy) is 1. The summed E-state index contributed by atoms with van der Waals surface area (Å²) in [6, 6.07) is 69.1. The molecule has 3 unspecified atom stereocenters. The van der Waals surface area contributed by atoms with Gasteiger partial charge >= 0.3 is 17.9 Å². The Morgan fingerprint density at radius 3 is 1.20 bits per heavy atom. The average molecular weight is 1560 g/mol. The van der Waals surface area contributed by atoms with Crippen molar-refractivity contribution >= 4 is 87.7 Å². The molecular formula is C90H80Cl2N6O15. The van der Waals surface area contributed by atoms with Crippen molar-refractivity contribution < 1.29 is 73.7 Å². The van der Waals surface area contributed by atoms with Gasteiger partial charge in [-0.05, 0) is 234 Å². The van der Waals surface area contributed by atoms with Crippen molar-refractivity contribution in [3.8, 4) is 72.9 Å². The number of carbonyl (C=O) groups is 8. The van der Waals surface area contributed by atoms with E-state index in [1.807, 2.05) is 133 Å². The molecular weight excluding hydrogens is 1480 g/mol. The summed E-state index contributed by atoms with van der Waals surface area (Å²) in [6.45, 7) is 2.29. The van der Waals surface area contributed by atoms with Crippen LogP contribution >= 0.6 is 23.2 Å². The van der Waals surface area contributed by atoms with Crippen LogP contribution in [-0.4, -0.2) is 103 Å². The zero-order chi connectivity index (χ0) is 80.1. The first-order valence-electron chi connectivity index (χ1n) is 36.4. The number of hydrogen-bond donors (Lipinski definition) is 12. The zero-order valence-electron chi connectivity index (χ0n) is 61.3. The normalized spacial score (nSPS) is 14.3. The summed E-state index contributed by atoms with van der Waals surface area (Å²) in [7, 11) is 0. The molecule has 0 radical (unpaired) electrons. The molecule has 0 aromatic heterocycles. The van der Waals surface area contributed by atoms with Gasteiger partial charge in [0.05, 0.1) is 6.04 Å². The van der Waals surface area contributed by atoms with Crippen LogP contribution in [0.15, 0.2) is 237 Å². The molecule has 11 aromatic rings. The van der Waals surface area contributed by atoms with Crippen molar-refractivity contribution in [2.45, 2.75) is 94.9 Å². The zero-order valence-corrected chi connectivity index (χ0v) is 62.8. The van der Waals surface area contributed by atoms with Crippen LogP contribution in [0.2, 0.25) is 10.0 Å². The van der Waals surface area contributed by atoms with Crippen LogP contribution in [0.25, 0.3) is 55.6 Å². The van der Waals surface area contributed by atoms with Gasteiger partial charge in [-0.3, -0.25) is 33.6 Å². The second-order valence-corrected chi connectivity index (χ2v) is 28.7. The van der Waals surface area contributed by atoms with Crippen LogP contribution in [0.1, 0.15) is 108 Å². The summed E-state index contributed by atoms with van der Waals surface area (Å²) >= 11 is 12.3. The van der Waals surface area contributed by atoms with Crippen molar-refractivity contribution in [2.75, 3.05) is 22.6 Å². The number of benzene rings is 11. The van der Waals surface area contributed by atoms with E-state index in [0.29, 0.717) is 46.4 Å². The fourth-order valence-corrected chi connectivity index (χ4v) is 14.9. The predicted octanol–water partition coefficient (Wildman–Crippen LogP) is 15.8. The molecule has 574 valence electrons. The fraction of sp³-hybridized carbons (Fsp3) is 0.178. The summed E-state index contributed by atoms with van der Waals surface area (Å²) in [6.07, 6.45) is 1.11. The summed E-state index contributed by atoms with van der Waals surface area (Å²) in [5, 5.41) is 71.9. The maximum Gasteiger partial charge on any atom is 0.329 e. The smallest absolute Gasteiger partial charge is 0.329 e. The van der Waals surface area contributed by atoms with E-state index in [1.54, 1.807) is 60.7 Å². The van der Waals surface area contributed by atoms with Gasteiger partial charge in [0.2, 0.25) is 29.5 Å². The first kappa shape index (κ1) is 79.6. The average Bonchev–Trinajstić information content (AvgIpc) is 1.62. The molecule has 0 saturated heterocycles. The number of carbonyl (C=O) groups excluding carboxylic acids is 5. The van der Waals surface area contributed by atoms with Crippen molar-refractivity contribution in [3.05, 3.63) is 297 Å². The van der Waals surface area contributed by atoms with Gasteiger partial charge in [0, 0.05) is 78.5 Å². The number of hydrogen-bond acceptors (Lipinski definition) is 13. The minimum absolute atomic E-state index is 0.00123. The Bertz CT molecular complexity index is 5430. The second kappa shape index (κ2) is 35.8. The number of halogens is 2. The third kappa shape index (κ3) is 20.0. The van der Waals surface area contributed by atoms with Crippen molar-refractivity contribution in [2.24, 2.45) is 5.73 Å². The number of fused-ring (bicyclic) bond motifs is 9. The molecule has 5 amide bonds. The second-order valence-electron chi connectivity index (χ2n) is 27.9. The Hall–Kier alpha value is -12.9. The minimum Gasteiger partial charge on any atom is -0.508 e. The van der Waals surface area contributed by atoms with E-state index < -0.39 is 48.7 Å². The van der Waals surface area contributed by atoms with Crippen LogP contribution < -0.4 is 32.3 Å². The lowest BCUT2D eigenvalue weighted by molar-refractivity contribution is -0.143. The molecule has 11 aromatic carbocycles. The first-order chi connectivity index (χ1) is 54.3. The Kier molecular flexibility index (Phi) is 25.3. The Morgan fingerprint density at radius 1 is 0.381 bits per heavy atom. The topological polar surface area (TPSA) is 353 Å². The van der Waals surface area contributed by atoms with Gasteiger partial charge in [-0.1, -0.05) is 151 Å². The molecule has 0 heterocycles. The van der Waals surface area contributed by atoms with E-state index in [2.05, 4.69) is 44.8 Å². The summed E-state index contributed by atoms with van der Waals surface area (Å²) in [5.74, 6) is -4.51. The molecule has 21 nitrogen and oxygen atoms in total. The van der Waals surface area contributed by atoms with Gasteiger partial charge in [-0.25, -0.2) is 4.79 Å². The number of carboxylic acids is 3. The molecule has 14 rings (SSSR count). The lowest BCUT2D eigenvalue weighted by Crippen LogP contribution is -2.44. The van der Waals surface area contributed by atoms with Gasteiger partial charge in [0.1, 0.15) is 42.0 Å². The Labute approximate surface area is 661 Å². The number of aliphatic carboxylic acids is 3. The number of phenolic OH excluding ortho intramolecular Hbond substituents is 3. The maximum absolute atomic E-state index is 13.3. The van der Waals surface area contributed by atoms with Crippen LogP contribution in [0, 0.1) is 0 Å². The molecule has 23 heteroatoms. The van der Waals surface area contributed by atoms with E-state index in [4.69, 9.17) is 38.8 Å². The summed E-state index contributed by atoms with van der Waals surface area (Å²) in [5.41, 5.74) is 25.7. The van der Waals surface area contributed by atoms with E-state index >= 15 is 0 Å². The third-order valence-electron chi connectivity index (χ3n) is 19.8. The lowest BCUT2D eigenvalue weighted by Gasteiger charge is -2.19. The number of nitrogens with one attached hydrogen (secondary N) is 5. The predicted molar refractivity (Wildman–Crippen MR) is 434 cm³/mol. The number of anilines is 3. The van der Waals surface area contributed by atoms with Crippen molar-refractivity contribution in [1.82, 2.24) is 10.6 Å². The highest BCUT2D eigenvalue weighted by molar-refractivity contribution is 6.31. The van der Waals surface area contributed by atoms with Crippen molar-refractivity contribution in [3.63, 3.8) is 0 Å². The molecule has 0 aliphatic heterocycles. The highest BCUT2D eigenvalue weighted by Gasteiger charge is 2.35. The van der Waals surface area contributed by atoms with Gasteiger partial charge in [0.15, 0.2) is 0 Å². The molecule has 0 spiro atoms. The van der Waals surface area contributed by atoms with E-state index in [1.165, 1.54) is 38.1 Å². The van der Waals surface area contributed by atoms with Gasteiger partial charge in [-0.2, -0.15) is 0 Å². The number of amides is 5. The fourth-order valence-electron chi connectivity index (χ4n) is 14.6. The monoisotopic (exact) mass is 1550 g/mol. The Balaban J connectivity index is 0.000000159. The minimum atomic E-state index is -1.05. The van der Waals surface area contributed by atoms with Gasteiger partial charge in [-0.15, -0.1) is 0 Å². The number of rotatable bonds is 25. The van der Waals surface area contributed by atoms with E-state index in [9.17, 15) is 63.9 Å². The first-order valence-corrected chi connectivity index (χ1v) is 37.2. The van der Waals surface area contributed by atoms with Gasteiger partial charge in [0.25, 0.3) is 0 Å². The Morgan fingerprint density at radius 2 is 0.761 bits per heavy atom.